The van der Waals surface area contributed by atoms with Crippen molar-refractivity contribution in [3.63, 3.8) is 0 Å². The van der Waals surface area contributed by atoms with Crippen LogP contribution in [0, 0.1) is 24.5 Å². The molecule has 1 aliphatic carbocycles. The number of halogens is 3. The number of hydrogen-bond acceptors (Lipinski definition) is 0. The third-order valence-electron chi connectivity index (χ3n) is 4.98. The molecule has 0 radical (unpaired) electrons. The molecule has 0 aromatic heterocycles. The van der Waals surface area contributed by atoms with Crippen molar-refractivity contribution < 1.29 is 8.78 Å². The number of aryl methyl sites for hydroxylation is 1. The smallest absolute Gasteiger partial charge is 0.166 e. The van der Waals surface area contributed by atoms with E-state index < -0.39 is 11.6 Å². The van der Waals surface area contributed by atoms with Crippen LogP contribution in [0.1, 0.15) is 42.7 Å². The first-order chi connectivity index (χ1) is 11.1. The quantitative estimate of drug-likeness (QED) is 0.565. The predicted molar refractivity (Wildman–Crippen MR) is 92.0 cm³/mol. The molecule has 1 saturated carbocycles. The van der Waals surface area contributed by atoms with Crippen LogP contribution in [-0.2, 0) is 0 Å². The van der Waals surface area contributed by atoms with Gasteiger partial charge in [-0.2, -0.15) is 0 Å². The third-order valence-corrected chi connectivity index (χ3v) is 5.42. The fourth-order valence-corrected chi connectivity index (χ4v) is 3.77. The SMILES string of the molecule is Cc1ccc(-c2ccc(C3CCC(CCl)CC3)c(F)c2F)cc1. The Morgan fingerprint density at radius 2 is 1.57 bits per heavy atom. The molecule has 0 nitrogen and oxygen atoms in total. The van der Waals surface area contributed by atoms with Crippen LogP contribution in [0.2, 0.25) is 0 Å². The molecule has 0 saturated heterocycles. The summed E-state index contributed by atoms with van der Waals surface area (Å²) >= 11 is 5.90. The highest BCUT2D eigenvalue weighted by Crippen LogP contribution is 2.39. The topological polar surface area (TPSA) is 0 Å². The summed E-state index contributed by atoms with van der Waals surface area (Å²) in [5.41, 5.74) is 2.67. The second-order valence-corrected chi connectivity index (χ2v) is 6.88. The first-order valence-corrected chi connectivity index (χ1v) is 8.74. The molecule has 0 unspecified atom stereocenters. The van der Waals surface area contributed by atoms with Gasteiger partial charge in [-0.25, -0.2) is 8.78 Å². The minimum Gasteiger partial charge on any atom is -0.203 e. The molecule has 23 heavy (non-hydrogen) atoms. The highest BCUT2D eigenvalue weighted by atomic mass is 35.5. The van der Waals surface area contributed by atoms with Crippen LogP contribution in [0.4, 0.5) is 8.78 Å². The van der Waals surface area contributed by atoms with Gasteiger partial charge in [0.05, 0.1) is 0 Å². The van der Waals surface area contributed by atoms with Crippen LogP contribution < -0.4 is 0 Å². The van der Waals surface area contributed by atoms with E-state index in [0.717, 1.165) is 31.2 Å². The van der Waals surface area contributed by atoms with E-state index in [1.807, 2.05) is 31.2 Å². The molecule has 3 heteroatoms. The highest BCUT2D eigenvalue weighted by Gasteiger charge is 2.26. The highest BCUT2D eigenvalue weighted by molar-refractivity contribution is 6.18. The maximum Gasteiger partial charge on any atom is 0.166 e. The number of benzene rings is 2. The van der Waals surface area contributed by atoms with E-state index in [0.29, 0.717) is 28.5 Å². The summed E-state index contributed by atoms with van der Waals surface area (Å²) in [5.74, 6) is -0.123. The summed E-state index contributed by atoms with van der Waals surface area (Å²) in [6.07, 6.45) is 3.76. The van der Waals surface area contributed by atoms with Crippen LogP contribution in [0.25, 0.3) is 11.1 Å². The van der Waals surface area contributed by atoms with E-state index >= 15 is 0 Å². The molecular weight excluding hydrogens is 314 g/mol. The Balaban J connectivity index is 1.87. The lowest BCUT2D eigenvalue weighted by molar-refractivity contribution is 0.342. The van der Waals surface area contributed by atoms with E-state index in [9.17, 15) is 8.78 Å². The van der Waals surface area contributed by atoms with Crippen LogP contribution in [0.5, 0.6) is 0 Å². The number of hydrogen-bond donors (Lipinski definition) is 0. The zero-order valence-corrected chi connectivity index (χ0v) is 14.0. The Labute approximate surface area is 141 Å². The molecule has 0 heterocycles. The van der Waals surface area contributed by atoms with Crippen molar-refractivity contribution >= 4 is 11.6 Å². The van der Waals surface area contributed by atoms with Crippen LogP contribution in [0.15, 0.2) is 36.4 Å². The molecule has 0 spiro atoms. The molecule has 0 aliphatic heterocycles. The number of rotatable bonds is 3. The minimum atomic E-state index is -0.731. The van der Waals surface area contributed by atoms with Crippen molar-refractivity contribution in [1.29, 1.82) is 0 Å². The van der Waals surface area contributed by atoms with Gasteiger partial charge in [-0.15, -0.1) is 11.6 Å². The first kappa shape index (κ1) is 16.4. The van der Waals surface area contributed by atoms with Crippen LogP contribution >= 0.6 is 11.6 Å². The van der Waals surface area contributed by atoms with Gasteiger partial charge in [0.1, 0.15) is 0 Å². The lowest BCUT2D eigenvalue weighted by atomic mass is 9.79. The maximum atomic E-state index is 14.6. The van der Waals surface area contributed by atoms with Gasteiger partial charge in [0.2, 0.25) is 0 Å². The predicted octanol–water partition coefficient (Wildman–Crippen LogP) is 6.45. The van der Waals surface area contributed by atoms with Crippen LogP contribution in [-0.4, -0.2) is 5.88 Å². The third kappa shape index (κ3) is 3.42. The van der Waals surface area contributed by atoms with Crippen molar-refractivity contribution in [1.82, 2.24) is 0 Å². The van der Waals surface area contributed by atoms with Crippen molar-refractivity contribution in [2.24, 2.45) is 5.92 Å². The number of alkyl halides is 1. The summed E-state index contributed by atoms with van der Waals surface area (Å²) in [4.78, 5) is 0. The Morgan fingerprint density at radius 3 is 2.17 bits per heavy atom. The second kappa shape index (κ2) is 7.00. The zero-order valence-electron chi connectivity index (χ0n) is 13.3. The first-order valence-electron chi connectivity index (χ1n) is 8.21. The normalized spacial score (nSPS) is 21.4. The largest absolute Gasteiger partial charge is 0.203 e. The van der Waals surface area contributed by atoms with Gasteiger partial charge in [0, 0.05) is 11.4 Å². The van der Waals surface area contributed by atoms with Gasteiger partial charge in [-0.05, 0) is 55.6 Å². The van der Waals surface area contributed by atoms with Gasteiger partial charge in [0.15, 0.2) is 11.6 Å². The van der Waals surface area contributed by atoms with E-state index in [2.05, 4.69) is 0 Å². The van der Waals surface area contributed by atoms with Crippen LogP contribution in [0.3, 0.4) is 0 Å². The van der Waals surface area contributed by atoms with Crippen molar-refractivity contribution in [2.45, 2.75) is 38.5 Å². The molecular formula is C20H21ClF2. The lowest BCUT2D eigenvalue weighted by Crippen LogP contribution is -2.15. The lowest BCUT2D eigenvalue weighted by Gasteiger charge is -2.28. The molecule has 0 atom stereocenters. The molecule has 1 fully saturated rings. The maximum absolute atomic E-state index is 14.6. The Morgan fingerprint density at radius 1 is 0.913 bits per heavy atom. The molecule has 3 rings (SSSR count). The molecule has 0 N–H and O–H groups in total. The zero-order chi connectivity index (χ0) is 16.4. The second-order valence-electron chi connectivity index (χ2n) is 6.57. The molecule has 0 bridgehead atoms. The Bertz CT molecular complexity index is 671. The summed E-state index contributed by atoms with van der Waals surface area (Å²) in [6.45, 7) is 1.97. The van der Waals surface area contributed by atoms with E-state index in [1.165, 1.54) is 0 Å². The van der Waals surface area contributed by atoms with Crippen molar-refractivity contribution in [3.05, 3.63) is 59.2 Å². The summed E-state index contributed by atoms with van der Waals surface area (Å²) in [6, 6.07) is 11.0. The fraction of sp³-hybridized carbons (Fsp3) is 0.400. The summed E-state index contributed by atoms with van der Waals surface area (Å²) in [5, 5.41) is 0. The van der Waals surface area contributed by atoms with Gasteiger partial charge in [-0.1, -0.05) is 42.0 Å². The summed E-state index contributed by atoms with van der Waals surface area (Å²) in [7, 11) is 0. The minimum absolute atomic E-state index is 0.107. The van der Waals surface area contributed by atoms with Gasteiger partial charge < -0.3 is 0 Å². The average molecular weight is 335 g/mol. The molecule has 2 aromatic rings. The Hall–Kier alpha value is -1.41. The molecule has 122 valence electrons. The Kier molecular flexibility index (Phi) is 5.01. The van der Waals surface area contributed by atoms with E-state index in [4.69, 9.17) is 11.6 Å². The van der Waals surface area contributed by atoms with E-state index in [1.54, 1.807) is 12.1 Å². The van der Waals surface area contributed by atoms with E-state index in [-0.39, 0.29) is 5.92 Å². The molecule has 1 aliphatic rings. The van der Waals surface area contributed by atoms with Gasteiger partial charge in [-0.3, -0.25) is 0 Å². The average Bonchev–Trinajstić information content (AvgIpc) is 2.58. The standard InChI is InChI=1S/C20H21ClF2/c1-13-2-6-15(7-3-13)17-10-11-18(20(23)19(17)22)16-8-4-14(12-21)5-9-16/h2-3,6-7,10-11,14,16H,4-5,8-9,12H2,1H3. The van der Waals surface area contributed by atoms with Gasteiger partial charge in [0.25, 0.3) is 0 Å². The van der Waals surface area contributed by atoms with Crippen molar-refractivity contribution in [3.8, 4) is 11.1 Å². The molecule has 2 aromatic carbocycles. The van der Waals surface area contributed by atoms with Crippen molar-refractivity contribution in [2.75, 3.05) is 5.88 Å². The van der Waals surface area contributed by atoms with Gasteiger partial charge >= 0.3 is 0 Å². The summed E-state index contributed by atoms with van der Waals surface area (Å²) < 4.78 is 29.1. The fourth-order valence-electron chi connectivity index (χ4n) is 3.46. The monoisotopic (exact) mass is 334 g/mol. The molecule has 0 amide bonds.